The Labute approximate surface area is 309 Å². The Hall–Kier alpha value is -3.74. The topological polar surface area (TPSA) is 148 Å². The zero-order chi connectivity index (χ0) is 38.5. The van der Waals surface area contributed by atoms with E-state index < -0.39 is 60.8 Å². The Kier molecular flexibility index (Phi) is 10.6. The highest BCUT2D eigenvalue weighted by Gasteiger charge is 2.73. The van der Waals surface area contributed by atoms with E-state index in [4.69, 9.17) is 28.1 Å². The first kappa shape index (κ1) is 39.5. The summed E-state index contributed by atoms with van der Waals surface area (Å²) < 4.78 is 37.2. The molecule has 0 unspecified atom stereocenters. The molecule has 52 heavy (non-hydrogen) atoms. The molecule has 0 aromatic heterocycles. The summed E-state index contributed by atoms with van der Waals surface area (Å²) >= 11 is 0. The second-order valence-electron chi connectivity index (χ2n) is 18.1. The van der Waals surface area contributed by atoms with Gasteiger partial charge >= 0.3 is 24.1 Å². The minimum Gasteiger partial charge on any atom is -0.541 e. The van der Waals surface area contributed by atoms with Crippen molar-refractivity contribution in [1.29, 1.82) is 0 Å². The minimum absolute atomic E-state index is 0.00717. The Morgan fingerprint density at radius 1 is 0.885 bits per heavy atom. The summed E-state index contributed by atoms with van der Waals surface area (Å²) in [7, 11) is -2.31. The fraction of sp³-hybridized carbons (Fsp3) is 0.692. The second kappa shape index (κ2) is 13.9. The van der Waals surface area contributed by atoms with Crippen LogP contribution in [0.3, 0.4) is 0 Å². The molecule has 1 aliphatic heterocycles. The van der Waals surface area contributed by atoms with Crippen molar-refractivity contribution in [2.75, 3.05) is 13.1 Å². The van der Waals surface area contributed by atoms with Gasteiger partial charge in [-0.3, -0.25) is 9.59 Å². The number of hydrogen-bond acceptors (Lipinski definition) is 10. The quantitative estimate of drug-likeness (QED) is 0.142. The van der Waals surface area contributed by atoms with Gasteiger partial charge in [-0.15, -0.1) is 0 Å². The molecule has 0 radical (unpaired) electrons. The molecule has 2 bridgehead atoms. The maximum absolute atomic E-state index is 13.8. The zero-order valence-electron chi connectivity index (χ0n) is 32.8. The minimum atomic E-state index is -2.31. The third kappa shape index (κ3) is 7.79. The van der Waals surface area contributed by atoms with E-state index in [1.807, 2.05) is 12.1 Å². The maximum Gasteiger partial charge on any atom is 0.407 e. The van der Waals surface area contributed by atoms with E-state index >= 15 is 0 Å². The summed E-state index contributed by atoms with van der Waals surface area (Å²) in [6.07, 6.45) is 3.14. The molecule has 5 rings (SSSR count). The van der Waals surface area contributed by atoms with E-state index in [9.17, 15) is 19.2 Å². The lowest BCUT2D eigenvalue weighted by Gasteiger charge is -2.60. The number of rotatable bonds is 10. The average molecular weight is 743 g/mol. The summed E-state index contributed by atoms with van der Waals surface area (Å²) in [6.45, 7) is 21.6. The van der Waals surface area contributed by atoms with Gasteiger partial charge in [0.25, 0.3) is 8.32 Å². The molecule has 4 aliphatic rings. The number of carbonyl (C=O) groups excluding carboxylic acids is 4. The van der Waals surface area contributed by atoms with Crippen molar-refractivity contribution in [1.82, 2.24) is 10.6 Å². The van der Waals surface area contributed by atoms with Gasteiger partial charge in [-0.05, 0) is 96.6 Å². The lowest BCUT2D eigenvalue weighted by molar-refractivity contribution is -0.200. The maximum atomic E-state index is 13.8. The third-order valence-electron chi connectivity index (χ3n) is 10.9. The molecule has 3 aliphatic carbocycles. The Morgan fingerprint density at radius 2 is 1.48 bits per heavy atom. The van der Waals surface area contributed by atoms with Crippen LogP contribution in [0.2, 0.25) is 18.1 Å². The van der Waals surface area contributed by atoms with Crippen molar-refractivity contribution in [3.8, 4) is 11.5 Å². The summed E-state index contributed by atoms with van der Waals surface area (Å²) in [6, 6.07) is 4.12. The van der Waals surface area contributed by atoms with Crippen LogP contribution in [-0.2, 0) is 40.4 Å². The molecule has 1 fully saturated rings. The fourth-order valence-corrected chi connectivity index (χ4v) is 8.83. The van der Waals surface area contributed by atoms with Gasteiger partial charge in [0.05, 0.1) is 18.3 Å². The Morgan fingerprint density at radius 3 is 2.06 bits per heavy atom. The Balaban J connectivity index is 1.46. The molecule has 288 valence electrons. The van der Waals surface area contributed by atoms with Crippen molar-refractivity contribution >= 4 is 32.4 Å². The number of benzene rings is 1. The SMILES string of the molecule is CC(C)(C)OC(=O)NCCC(=O)OC1=CC[C@@]2(OC(=O)CCNC(=O)OC(C)(C)C)[C@@H]3CCC[C@@]24c2c(ccc(O[Si](C)(C)C(C)(C)C)c2O[C@@H]14)C3. The zero-order valence-corrected chi connectivity index (χ0v) is 33.8. The molecule has 13 heteroatoms. The van der Waals surface area contributed by atoms with Gasteiger partial charge in [-0.25, -0.2) is 9.59 Å². The van der Waals surface area contributed by atoms with E-state index in [1.165, 1.54) is 0 Å². The van der Waals surface area contributed by atoms with Crippen molar-refractivity contribution in [3.05, 3.63) is 35.1 Å². The number of hydrogen-bond donors (Lipinski definition) is 2. The van der Waals surface area contributed by atoms with Crippen LogP contribution in [0.1, 0.15) is 112 Å². The highest BCUT2D eigenvalue weighted by atomic mass is 28.4. The average Bonchev–Trinajstić information content (AvgIpc) is 3.32. The normalized spacial score (nSPS) is 24.7. The molecule has 1 spiro atoms. The number of ether oxygens (including phenoxy) is 5. The Bertz CT molecular complexity index is 1620. The molecule has 1 heterocycles. The molecular weight excluding hydrogens is 685 g/mol. The summed E-state index contributed by atoms with van der Waals surface area (Å²) in [5.41, 5.74) is -1.04. The van der Waals surface area contributed by atoms with E-state index in [0.29, 0.717) is 36.5 Å². The number of amides is 2. The van der Waals surface area contributed by atoms with Crippen LogP contribution >= 0.6 is 0 Å². The number of alkyl carbamates (subject to hydrolysis) is 2. The molecule has 1 aromatic rings. The summed E-state index contributed by atoms with van der Waals surface area (Å²) in [5.74, 6) is 0.656. The largest absolute Gasteiger partial charge is 0.541 e. The molecule has 1 saturated carbocycles. The second-order valence-corrected chi connectivity index (χ2v) is 22.8. The van der Waals surface area contributed by atoms with Crippen LogP contribution < -0.4 is 19.8 Å². The van der Waals surface area contributed by atoms with Gasteiger partial charge in [0.15, 0.2) is 11.9 Å². The van der Waals surface area contributed by atoms with Gasteiger partial charge in [-0.2, -0.15) is 0 Å². The first-order valence-corrected chi connectivity index (χ1v) is 21.5. The molecular formula is C39H58N2O10Si. The predicted molar refractivity (Wildman–Crippen MR) is 197 cm³/mol. The lowest BCUT2D eigenvalue weighted by Crippen LogP contribution is -2.69. The molecule has 2 N–H and O–H groups in total. The van der Waals surface area contributed by atoms with Crippen molar-refractivity contribution < 1.29 is 47.3 Å². The molecule has 2 amide bonds. The van der Waals surface area contributed by atoms with Gasteiger partial charge < -0.3 is 38.7 Å². The smallest absolute Gasteiger partial charge is 0.407 e. The fourth-order valence-electron chi connectivity index (χ4n) is 7.82. The van der Waals surface area contributed by atoms with Crippen molar-refractivity contribution in [3.63, 3.8) is 0 Å². The van der Waals surface area contributed by atoms with Crippen molar-refractivity contribution in [2.24, 2.45) is 5.92 Å². The van der Waals surface area contributed by atoms with Gasteiger partial charge in [-0.1, -0.05) is 33.3 Å². The van der Waals surface area contributed by atoms with Gasteiger partial charge in [0.2, 0.25) is 0 Å². The summed E-state index contributed by atoms with van der Waals surface area (Å²) in [5, 5.41) is 5.20. The van der Waals surface area contributed by atoms with E-state index in [1.54, 1.807) is 41.5 Å². The van der Waals surface area contributed by atoms with Crippen LogP contribution in [-0.4, -0.2) is 68.4 Å². The van der Waals surface area contributed by atoms with Crippen LogP contribution in [0.25, 0.3) is 0 Å². The first-order valence-electron chi connectivity index (χ1n) is 18.6. The van der Waals surface area contributed by atoms with E-state index in [2.05, 4.69) is 50.6 Å². The number of carbonyl (C=O) groups is 4. The highest BCUT2D eigenvalue weighted by molar-refractivity contribution is 6.74. The predicted octanol–water partition coefficient (Wildman–Crippen LogP) is 7.37. The van der Waals surface area contributed by atoms with E-state index in [-0.39, 0.29) is 36.9 Å². The van der Waals surface area contributed by atoms with Gasteiger partial charge in [0, 0.05) is 31.0 Å². The molecule has 4 atom stereocenters. The first-order chi connectivity index (χ1) is 24.0. The van der Waals surface area contributed by atoms with E-state index in [0.717, 1.165) is 24.0 Å². The van der Waals surface area contributed by atoms with Crippen molar-refractivity contribution in [2.45, 2.75) is 154 Å². The molecule has 0 saturated heterocycles. The van der Waals surface area contributed by atoms with Crippen LogP contribution in [0.15, 0.2) is 24.0 Å². The highest BCUT2D eigenvalue weighted by Crippen LogP contribution is 2.69. The van der Waals surface area contributed by atoms with Crippen LogP contribution in [0.4, 0.5) is 9.59 Å². The van der Waals surface area contributed by atoms with Crippen LogP contribution in [0.5, 0.6) is 11.5 Å². The third-order valence-corrected chi connectivity index (χ3v) is 15.2. The van der Waals surface area contributed by atoms with Gasteiger partial charge in [0.1, 0.15) is 28.3 Å². The van der Waals surface area contributed by atoms with Crippen LogP contribution in [0, 0.1) is 5.92 Å². The number of esters is 2. The summed E-state index contributed by atoms with van der Waals surface area (Å²) in [4.78, 5) is 51.5. The molecule has 1 aromatic carbocycles. The lowest BCUT2D eigenvalue weighted by atomic mass is 9.46. The standard InChI is InChI=1S/C39H58N2O10Si/c1-35(2,3)49-33(44)40-21-17-28(42)46-27-16-20-39(48-29(43)18-22-41-34(45)50-36(4,5)6)25-13-12-19-38(39)30-24(23-25)14-15-26(31(30)47-32(27)38)51-52(10,11)37(7,8)9/h14-16,25,32H,12-13,17-23H2,1-11H3,(H,40,44)(H,41,45)/t25-,32+,38+,39-/m1/s1. The molecule has 12 nitrogen and oxygen atoms in total. The monoisotopic (exact) mass is 742 g/mol. The number of nitrogens with one attached hydrogen (secondary N) is 2.